The average Bonchev–Trinajstić information content (AvgIpc) is 3.15. The summed E-state index contributed by atoms with van der Waals surface area (Å²) in [5.74, 6) is -0.934. The topological polar surface area (TPSA) is 173 Å². The first-order valence-electron chi connectivity index (χ1n) is 11.2. The van der Waals surface area contributed by atoms with E-state index in [0.717, 1.165) is 0 Å². The molecule has 0 radical (unpaired) electrons. The van der Waals surface area contributed by atoms with Gasteiger partial charge in [0, 0.05) is 0 Å². The molecule has 4 N–H and O–H groups in total. The van der Waals surface area contributed by atoms with Gasteiger partial charge in [-0.05, 0) is 34.6 Å². The number of ether oxygens (including phenoxy) is 3. The van der Waals surface area contributed by atoms with Gasteiger partial charge < -0.3 is 29.6 Å². The van der Waals surface area contributed by atoms with Crippen LogP contribution in [-0.2, 0) is 34.9 Å². The number of fused-ring (bicyclic) bond motifs is 1. The Kier molecular flexibility index (Phi) is 11.1. The first kappa shape index (κ1) is 29.9. The number of halogens is 1. The zero-order chi connectivity index (χ0) is 27.0. The predicted octanol–water partition coefficient (Wildman–Crippen LogP) is 2.71. The lowest BCUT2D eigenvalue weighted by Crippen LogP contribution is -2.34. The molecule has 2 heterocycles. The molecule has 0 amide bonds. The zero-order valence-corrected chi connectivity index (χ0v) is 24.0. The molecule has 0 fully saturated rings. The van der Waals surface area contributed by atoms with Crippen molar-refractivity contribution in [3.05, 3.63) is 24.9 Å². The van der Waals surface area contributed by atoms with Crippen molar-refractivity contribution >= 4 is 59.0 Å². The van der Waals surface area contributed by atoms with Gasteiger partial charge in [-0.1, -0.05) is 29.2 Å². The van der Waals surface area contributed by atoms with E-state index < -0.39 is 29.5 Å². The number of hydrogen-bond donors (Lipinski definition) is 3. The fraction of sp³-hybridized carbons (Fsp3) is 0.571. The van der Waals surface area contributed by atoms with Crippen LogP contribution in [0.4, 0.5) is 5.82 Å². The number of rotatable bonds is 14. The monoisotopic (exact) mass is 637 g/mol. The Balaban J connectivity index is 2.10. The Labute approximate surface area is 223 Å². The first-order chi connectivity index (χ1) is 16.8. The lowest BCUT2D eigenvalue weighted by molar-refractivity contribution is -0.147. The summed E-state index contributed by atoms with van der Waals surface area (Å²) in [6.07, 6.45) is 1.44. The Morgan fingerprint density at radius 2 is 1.83 bits per heavy atom. The molecule has 0 aromatic carbocycles. The Hall–Kier alpha value is -2.29. The van der Waals surface area contributed by atoms with Crippen LogP contribution in [0.3, 0.4) is 0 Å². The van der Waals surface area contributed by atoms with Crippen LogP contribution >= 0.6 is 30.0 Å². The second-order valence-electron chi connectivity index (χ2n) is 8.56. The zero-order valence-electron chi connectivity index (χ0n) is 20.9. The van der Waals surface area contributed by atoms with E-state index in [2.05, 4.69) is 31.7 Å². The van der Waals surface area contributed by atoms with Crippen LogP contribution in [0.1, 0.15) is 41.0 Å². The Morgan fingerprint density at radius 3 is 2.47 bits per heavy atom. The van der Waals surface area contributed by atoms with Crippen LogP contribution in [0, 0.1) is 0 Å². The fourth-order valence-corrected chi connectivity index (χ4v) is 6.42. The lowest BCUT2D eigenvalue weighted by Gasteiger charge is -2.26. The SMILES string of the molecule is C=C(N[P@@](=O)(CO[C@H](C)Cn1cnc2c(N)ncnc21)N[C@@H](I)CC(=O)OC(C)C)C(=O)OC(C)C. The number of imidazole rings is 1. The van der Waals surface area contributed by atoms with Gasteiger partial charge in [0.25, 0.3) is 7.44 Å². The van der Waals surface area contributed by atoms with Gasteiger partial charge in [0.1, 0.15) is 23.9 Å². The van der Waals surface area contributed by atoms with E-state index in [1.54, 1.807) is 45.5 Å². The van der Waals surface area contributed by atoms with Crippen molar-refractivity contribution < 1.29 is 28.4 Å². The smallest absolute Gasteiger partial charge is 0.354 e. The summed E-state index contributed by atoms with van der Waals surface area (Å²) in [7, 11) is -3.63. The third-order valence-corrected chi connectivity index (χ3v) is 7.51. The molecule has 0 aliphatic heterocycles. The van der Waals surface area contributed by atoms with Crippen molar-refractivity contribution in [2.24, 2.45) is 0 Å². The summed E-state index contributed by atoms with van der Waals surface area (Å²) in [4.78, 5) is 36.6. The quantitative estimate of drug-likeness (QED) is 0.0692. The lowest BCUT2D eigenvalue weighted by atomic mass is 10.4. The molecular weight excluding hydrogens is 604 g/mol. The van der Waals surface area contributed by atoms with E-state index in [-0.39, 0.29) is 36.5 Å². The molecule has 0 spiro atoms. The number of carbonyl (C=O) groups excluding carboxylic acids is 2. The van der Waals surface area contributed by atoms with Crippen LogP contribution in [0.2, 0.25) is 0 Å². The van der Waals surface area contributed by atoms with Crippen molar-refractivity contribution in [1.29, 1.82) is 0 Å². The van der Waals surface area contributed by atoms with Crippen molar-refractivity contribution in [3.63, 3.8) is 0 Å². The molecule has 200 valence electrons. The highest BCUT2D eigenvalue weighted by atomic mass is 127. The number of nitrogens with two attached hydrogens (primary N) is 1. The van der Waals surface area contributed by atoms with Crippen LogP contribution in [0.25, 0.3) is 11.2 Å². The number of hydrogen-bond acceptors (Lipinski definition) is 10. The average molecular weight is 637 g/mol. The molecule has 0 bridgehead atoms. The van der Waals surface area contributed by atoms with Crippen molar-refractivity contribution in [2.75, 3.05) is 12.1 Å². The van der Waals surface area contributed by atoms with Crippen molar-refractivity contribution in [1.82, 2.24) is 29.7 Å². The minimum Gasteiger partial charge on any atom is -0.463 e. The predicted molar refractivity (Wildman–Crippen MR) is 143 cm³/mol. The molecule has 2 aromatic heterocycles. The van der Waals surface area contributed by atoms with Crippen LogP contribution < -0.4 is 15.9 Å². The number of alkyl halides is 1. The molecular formula is C21H33IN7O6P. The summed E-state index contributed by atoms with van der Waals surface area (Å²) in [5, 5.41) is 5.50. The highest BCUT2D eigenvalue weighted by molar-refractivity contribution is 14.1. The molecule has 3 atom stereocenters. The second kappa shape index (κ2) is 13.3. The summed E-state index contributed by atoms with van der Waals surface area (Å²) >= 11 is 1.94. The first-order valence-corrected chi connectivity index (χ1v) is 14.3. The maximum atomic E-state index is 13.8. The van der Waals surface area contributed by atoms with E-state index in [1.165, 1.54) is 6.33 Å². The van der Waals surface area contributed by atoms with E-state index in [0.29, 0.717) is 17.7 Å². The van der Waals surface area contributed by atoms with Crippen LogP contribution in [0.5, 0.6) is 0 Å². The molecule has 0 saturated carbocycles. The van der Waals surface area contributed by atoms with Crippen molar-refractivity contribution in [3.8, 4) is 0 Å². The molecule has 2 rings (SSSR count). The van der Waals surface area contributed by atoms with Gasteiger partial charge >= 0.3 is 11.9 Å². The van der Waals surface area contributed by atoms with E-state index in [1.807, 2.05) is 22.6 Å². The van der Waals surface area contributed by atoms with Gasteiger partial charge in [-0.15, -0.1) is 0 Å². The molecule has 15 heteroatoms. The number of carbonyl (C=O) groups is 2. The molecule has 13 nitrogen and oxygen atoms in total. The van der Waals surface area contributed by atoms with Crippen molar-refractivity contribution in [2.45, 2.75) is 69.9 Å². The van der Waals surface area contributed by atoms with Gasteiger partial charge in [-0.3, -0.25) is 9.36 Å². The maximum Gasteiger partial charge on any atom is 0.354 e. The third kappa shape index (κ3) is 9.30. The Bertz CT molecular complexity index is 1130. The largest absolute Gasteiger partial charge is 0.463 e. The fourth-order valence-electron chi connectivity index (χ4n) is 2.97. The molecule has 0 saturated heterocycles. The van der Waals surface area contributed by atoms with Gasteiger partial charge in [0.15, 0.2) is 11.5 Å². The summed E-state index contributed by atoms with van der Waals surface area (Å²) in [5.41, 5.74) is 6.65. The minimum atomic E-state index is -3.63. The molecule has 2 aromatic rings. The number of esters is 2. The third-order valence-electron chi connectivity index (χ3n) is 4.39. The second-order valence-corrected chi connectivity index (χ2v) is 12.3. The number of aromatic nitrogens is 4. The summed E-state index contributed by atoms with van der Waals surface area (Å²) < 4.78 is 31.1. The number of nitrogens with zero attached hydrogens (tertiary/aromatic N) is 4. The normalized spacial score (nSPS) is 14.9. The standard InChI is InChI=1S/C21H33IN7O6P/c1-12(2)34-17(30)7-16(22)28-36(32,27-15(6)21(31)35-13(3)4)11-33-14(5)8-29-10-26-18-19(23)24-9-25-20(18)29/h9-10,12-14,16H,6-8,11H2,1-5H3,(H2,23,24,25)(H2,27,28,32)/t14-,16-,36+/m1/s1. The van der Waals surface area contributed by atoms with Crippen LogP contribution in [0.15, 0.2) is 24.9 Å². The van der Waals surface area contributed by atoms with Gasteiger partial charge in [-0.25, -0.2) is 24.8 Å². The Morgan fingerprint density at radius 1 is 1.17 bits per heavy atom. The number of nitrogen functional groups attached to an aromatic ring is 1. The molecule has 0 aliphatic rings. The van der Waals surface area contributed by atoms with Gasteiger partial charge in [-0.2, -0.15) is 0 Å². The number of anilines is 1. The highest BCUT2D eigenvalue weighted by Gasteiger charge is 2.30. The maximum absolute atomic E-state index is 13.8. The van der Waals surface area contributed by atoms with E-state index >= 15 is 0 Å². The highest BCUT2D eigenvalue weighted by Crippen LogP contribution is 2.40. The van der Waals surface area contributed by atoms with Gasteiger partial charge in [0.05, 0.1) is 41.7 Å². The summed E-state index contributed by atoms with van der Waals surface area (Å²) in [6.45, 7) is 12.6. The minimum absolute atomic E-state index is 0.0506. The van der Waals surface area contributed by atoms with Crippen LogP contribution in [-0.4, -0.2) is 60.2 Å². The van der Waals surface area contributed by atoms with E-state index in [4.69, 9.17) is 19.9 Å². The van der Waals surface area contributed by atoms with E-state index in [9.17, 15) is 14.2 Å². The van der Waals surface area contributed by atoms with Gasteiger partial charge in [0.2, 0.25) is 0 Å². The number of nitrogens with one attached hydrogen (secondary N) is 2. The molecule has 36 heavy (non-hydrogen) atoms. The summed E-state index contributed by atoms with van der Waals surface area (Å²) in [6, 6.07) is 0. The molecule has 0 unspecified atom stereocenters. The molecule has 0 aliphatic carbocycles.